The van der Waals surface area contributed by atoms with E-state index in [1.807, 2.05) is 54.6 Å². The first kappa shape index (κ1) is 21.5. The smallest absolute Gasteiger partial charge is 0.130 e. The molecule has 4 aromatic heterocycles. The average molecular weight is 748 g/mol. The summed E-state index contributed by atoms with van der Waals surface area (Å²) in [6.07, 6.45) is 1.03. The van der Waals surface area contributed by atoms with Gasteiger partial charge in [-0.25, -0.2) is 0 Å². The van der Waals surface area contributed by atoms with Crippen molar-refractivity contribution >= 4 is 32.8 Å². The molecule has 0 saturated carbocycles. The SMILES string of the molecule is [2H]C([2H])([2H])c1ccc2c(ccc3c4cc[c-]c(-c5cc(C([2H])([2H])C(C)(C)C)c(C([2H])([2H])[2H])cn5)c4oc23)n1.[Ir].[c-]1ccccc1-c1ccccn1. The number of hydrogen-bond acceptors (Lipinski definition) is 4. The van der Waals surface area contributed by atoms with Gasteiger partial charge in [0, 0.05) is 59.9 Å². The summed E-state index contributed by atoms with van der Waals surface area (Å²) in [5.74, 6) is 0. The number of aromatic nitrogens is 3. The number of hydrogen-bond donors (Lipinski definition) is 0. The van der Waals surface area contributed by atoms with Gasteiger partial charge in [0.25, 0.3) is 0 Å². The van der Waals surface area contributed by atoms with E-state index >= 15 is 0 Å². The maximum Gasteiger partial charge on any atom is 0.130 e. The van der Waals surface area contributed by atoms with Gasteiger partial charge in [0.1, 0.15) is 5.58 Å². The number of furan rings is 1. The first-order valence-electron chi connectivity index (χ1n) is 17.5. The minimum Gasteiger partial charge on any atom is -0.500 e. The molecule has 4 heterocycles. The summed E-state index contributed by atoms with van der Waals surface area (Å²) in [5, 5.41) is 2.20. The molecule has 0 aliphatic carbocycles. The third-order valence-corrected chi connectivity index (χ3v) is 6.59. The maximum absolute atomic E-state index is 8.81. The van der Waals surface area contributed by atoms with Crippen LogP contribution >= 0.6 is 0 Å². The molecule has 0 unspecified atom stereocenters. The molecular formula is C38H33IrN3O-2. The summed E-state index contributed by atoms with van der Waals surface area (Å²) in [6.45, 7) is 0.285. The molecule has 3 aromatic carbocycles. The van der Waals surface area contributed by atoms with Crippen molar-refractivity contribution in [3.8, 4) is 22.5 Å². The Balaban J connectivity index is 0.000000327. The van der Waals surface area contributed by atoms with Crippen LogP contribution in [0.25, 0.3) is 55.4 Å². The van der Waals surface area contributed by atoms with Crippen LogP contribution < -0.4 is 0 Å². The number of aryl methyl sites for hydroxylation is 2. The molecule has 0 spiro atoms. The molecule has 0 bridgehead atoms. The van der Waals surface area contributed by atoms with Crippen LogP contribution in [0.15, 0.2) is 102 Å². The molecule has 217 valence electrons. The van der Waals surface area contributed by atoms with E-state index in [0.29, 0.717) is 33.3 Å². The van der Waals surface area contributed by atoms with Crippen molar-refractivity contribution in [3.63, 3.8) is 0 Å². The zero-order valence-electron chi connectivity index (χ0n) is 31.8. The predicted octanol–water partition coefficient (Wildman–Crippen LogP) is 9.75. The van der Waals surface area contributed by atoms with Crippen molar-refractivity contribution in [1.82, 2.24) is 15.0 Å². The number of pyridine rings is 3. The van der Waals surface area contributed by atoms with Gasteiger partial charge in [0.2, 0.25) is 0 Å². The van der Waals surface area contributed by atoms with Crippen molar-refractivity contribution in [2.75, 3.05) is 0 Å². The Bertz CT molecular complexity index is 2280. The van der Waals surface area contributed by atoms with E-state index in [9.17, 15) is 0 Å². The molecule has 0 aliphatic heterocycles. The monoisotopic (exact) mass is 748 g/mol. The molecule has 0 N–H and O–H groups in total. The van der Waals surface area contributed by atoms with Crippen LogP contribution in [0.2, 0.25) is 0 Å². The molecule has 4 nitrogen and oxygen atoms in total. The van der Waals surface area contributed by atoms with Crippen LogP contribution in [-0.2, 0) is 26.5 Å². The van der Waals surface area contributed by atoms with E-state index in [1.165, 1.54) is 18.3 Å². The van der Waals surface area contributed by atoms with Gasteiger partial charge in [-0.1, -0.05) is 55.5 Å². The van der Waals surface area contributed by atoms with Crippen LogP contribution in [0.4, 0.5) is 0 Å². The molecule has 7 aromatic rings. The molecule has 0 amide bonds. The van der Waals surface area contributed by atoms with Crippen LogP contribution in [0.5, 0.6) is 0 Å². The Morgan fingerprint density at radius 1 is 0.814 bits per heavy atom. The molecular weight excluding hydrogens is 707 g/mol. The van der Waals surface area contributed by atoms with Gasteiger partial charge in [0.15, 0.2) is 0 Å². The van der Waals surface area contributed by atoms with Gasteiger partial charge in [-0.05, 0) is 72.8 Å². The summed E-state index contributed by atoms with van der Waals surface area (Å²) >= 11 is 0. The third-order valence-electron chi connectivity index (χ3n) is 6.59. The van der Waals surface area contributed by atoms with Gasteiger partial charge in [0.05, 0.1) is 11.1 Å². The fraction of sp³-hybridized carbons (Fsp3) is 0.184. The van der Waals surface area contributed by atoms with Crippen LogP contribution in [0.3, 0.4) is 0 Å². The quantitative estimate of drug-likeness (QED) is 0.169. The minimum atomic E-state index is -2.55. The maximum atomic E-state index is 8.81. The van der Waals surface area contributed by atoms with Crippen molar-refractivity contribution in [1.29, 1.82) is 0 Å². The van der Waals surface area contributed by atoms with E-state index in [-0.39, 0.29) is 36.9 Å². The number of benzene rings is 3. The molecule has 0 aliphatic rings. The molecule has 0 saturated heterocycles. The summed E-state index contributed by atoms with van der Waals surface area (Å²) in [5.41, 5.74) is 3.27. The van der Waals surface area contributed by atoms with E-state index in [0.717, 1.165) is 22.0 Å². The second-order valence-electron chi connectivity index (χ2n) is 10.9. The van der Waals surface area contributed by atoms with Crippen molar-refractivity contribution in [2.45, 2.75) is 40.8 Å². The Kier molecular flexibility index (Phi) is 6.29. The van der Waals surface area contributed by atoms with Crippen molar-refractivity contribution in [3.05, 3.63) is 126 Å². The van der Waals surface area contributed by atoms with Crippen LogP contribution in [0, 0.1) is 31.3 Å². The molecule has 7 rings (SSSR count). The van der Waals surface area contributed by atoms with Crippen molar-refractivity contribution < 1.29 is 35.5 Å². The summed E-state index contributed by atoms with van der Waals surface area (Å²) in [4.78, 5) is 12.9. The number of nitrogens with zero attached hydrogens (tertiary/aromatic N) is 3. The van der Waals surface area contributed by atoms with Gasteiger partial charge in [-0.3, -0.25) is 4.98 Å². The zero-order chi connectivity index (χ0) is 36.1. The molecule has 0 fully saturated rings. The van der Waals surface area contributed by atoms with E-state index in [2.05, 4.69) is 27.1 Å². The second-order valence-corrected chi connectivity index (χ2v) is 10.9. The molecule has 43 heavy (non-hydrogen) atoms. The zero-order valence-corrected chi connectivity index (χ0v) is 26.2. The van der Waals surface area contributed by atoms with Crippen LogP contribution in [-0.4, -0.2) is 15.0 Å². The Labute approximate surface area is 277 Å². The Morgan fingerprint density at radius 3 is 2.40 bits per heavy atom. The first-order valence-corrected chi connectivity index (χ1v) is 13.5. The fourth-order valence-corrected chi connectivity index (χ4v) is 4.77. The summed E-state index contributed by atoms with van der Waals surface area (Å²) in [7, 11) is 0. The van der Waals surface area contributed by atoms with Gasteiger partial charge >= 0.3 is 0 Å². The standard InChI is InChI=1S/C27H25N2O.C11H8N.Ir/c1-16-15-28-24(13-18(16)14-27(3,4)5)21-8-6-7-19-20-11-12-23-22(10-9-17(2)29-23)26(20)30-25(19)21;1-2-6-10(7-3-1)11-8-4-5-9-12-11;/h6-7,9-13,15H,14H2,1-5H3;1-6,8-9H;/q2*-1;/i1D3,2D3,14D2;;. The number of rotatable bonds is 3. The second kappa shape index (κ2) is 12.6. The van der Waals surface area contributed by atoms with E-state index in [4.69, 9.17) is 15.4 Å². The third kappa shape index (κ3) is 6.59. The van der Waals surface area contributed by atoms with Gasteiger partial charge in [-0.2, -0.15) is 0 Å². The normalized spacial score (nSPS) is 15.0. The summed E-state index contributed by atoms with van der Waals surface area (Å²) < 4.78 is 70.8. The largest absolute Gasteiger partial charge is 0.500 e. The topological polar surface area (TPSA) is 51.8 Å². The van der Waals surface area contributed by atoms with E-state index in [1.54, 1.807) is 45.2 Å². The Hall–Kier alpha value is -4.18. The molecule has 5 heteroatoms. The Morgan fingerprint density at radius 2 is 1.65 bits per heavy atom. The molecule has 1 radical (unpaired) electrons. The van der Waals surface area contributed by atoms with Gasteiger partial charge < -0.3 is 14.4 Å². The fourth-order valence-electron chi connectivity index (χ4n) is 4.77. The average Bonchev–Trinajstić information content (AvgIpc) is 3.47. The van der Waals surface area contributed by atoms with E-state index < -0.39 is 25.5 Å². The predicted molar refractivity (Wildman–Crippen MR) is 172 cm³/mol. The van der Waals surface area contributed by atoms with Gasteiger partial charge in [-0.15, -0.1) is 54.1 Å². The van der Waals surface area contributed by atoms with Crippen LogP contribution in [0.1, 0.15) is 48.6 Å². The number of fused-ring (bicyclic) bond motifs is 5. The summed E-state index contributed by atoms with van der Waals surface area (Å²) in [6, 6.07) is 31.7. The molecule has 0 atom stereocenters. The van der Waals surface area contributed by atoms with Crippen molar-refractivity contribution in [2.24, 2.45) is 5.41 Å². The first-order chi connectivity index (χ1) is 23.5. The minimum absolute atomic E-state index is 0.